The number of benzene rings is 1. The van der Waals surface area contributed by atoms with Crippen molar-refractivity contribution < 1.29 is 8.42 Å². The highest BCUT2D eigenvalue weighted by atomic mass is 79.9. The molecule has 0 aromatic heterocycles. The lowest BCUT2D eigenvalue weighted by molar-refractivity contribution is 0.434. The molecule has 0 radical (unpaired) electrons. The van der Waals surface area contributed by atoms with Gasteiger partial charge >= 0.3 is 0 Å². The minimum Gasteiger partial charge on any atom is -0.399 e. The minimum absolute atomic E-state index is 0.133. The molecule has 0 aliphatic rings. The summed E-state index contributed by atoms with van der Waals surface area (Å²) < 4.78 is 28.4. The van der Waals surface area contributed by atoms with Crippen molar-refractivity contribution in [1.82, 2.24) is 4.72 Å². The summed E-state index contributed by atoms with van der Waals surface area (Å²) in [5, 5.41) is 0. The molecule has 0 saturated heterocycles. The van der Waals surface area contributed by atoms with Gasteiger partial charge in [-0.3, -0.25) is 0 Å². The number of nitrogens with two attached hydrogens (primary N) is 1. The molecule has 108 valence electrons. The topological polar surface area (TPSA) is 72.2 Å². The Morgan fingerprint density at radius 1 is 1.26 bits per heavy atom. The van der Waals surface area contributed by atoms with Crippen molar-refractivity contribution in [2.45, 2.75) is 38.1 Å². The highest BCUT2D eigenvalue weighted by Gasteiger charge is 2.25. The molecule has 2 atom stereocenters. The number of hydrogen-bond acceptors (Lipinski definition) is 3. The van der Waals surface area contributed by atoms with Crippen molar-refractivity contribution in [2.75, 3.05) is 5.73 Å². The summed E-state index contributed by atoms with van der Waals surface area (Å²) in [6.45, 7) is 5.91. The van der Waals surface area contributed by atoms with Gasteiger partial charge in [0.25, 0.3) is 0 Å². The van der Waals surface area contributed by atoms with Gasteiger partial charge in [0.05, 0.1) is 0 Å². The molecule has 0 aliphatic heterocycles. The van der Waals surface area contributed by atoms with E-state index in [-0.39, 0.29) is 16.9 Å². The number of halogens is 2. The van der Waals surface area contributed by atoms with Gasteiger partial charge in [-0.15, -0.1) is 0 Å². The Balaban J connectivity index is 3.15. The van der Waals surface area contributed by atoms with Crippen LogP contribution in [0.1, 0.15) is 27.2 Å². The summed E-state index contributed by atoms with van der Waals surface area (Å²) in [5.41, 5.74) is 6.16. The first-order chi connectivity index (χ1) is 8.69. The van der Waals surface area contributed by atoms with Gasteiger partial charge in [-0.25, -0.2) is 13.1 Å². The van der Waals surface area contributed by atoms with Crippen molar-refractivity contribution in [1.29, 1.82) is 0 Å². The van der Waals surface area contributed by atoms with Gasteiger partial charge in [0.15, 0.2) is 0 Å². The molecule has 1 aromatic carbocycles. The number of hydrogen-bond donors (Lipinski definition) is 2. The summed E-state index contributed by atoms with van der Waals surface area (Å²) in [7, 11) is -3.59. The van der Waals surface area contributed by atoms with E-state index in [1.807, 2.05) is 20.8 Å². The van der Waals surface area contributed by atoms with Crippen LogP contribution < -0.4 is 10.5 Å². The second-order valence-electron chi connectivity index (χ2n) is 4.61. The highest BCUT2D eigenvalue weighted by molar-refractivity contribution is 9.11. The number of rotatable bonds is 5. The van der Waals surface area contributed by atoms with Crippen molar-refractivity contribution in [3.8, 4) is 0 Å². The Kier molecular flexibility index (Phi) is 5.85. The van der Waals surface area contributed by atoms with E-state index in [0.717, 1.165) is 6.42 Å². The maximum absolute atomic E-state index is 12.4. The fourth-order valence-electron chi connectivity index (χ4n) is 1.61. The van der Waals surface area contributed by atoms with Crippen LogP contribution >= 0.6 is 31.9 Å². The van der Waals surface area contributed by atoms with Crippen LogP contribution in [0.5, 0.6) is 0 Å². The quantitative estimate of drug-likeness (QED) is 0.725. The normalized spacial score (nSPS) is 15.2. The minimum atomic E-state index is -3.59. The largest absolute Gasteiger partial charge is 0.399 e. The first-order valence-electron chi connectivity index (χ1n) is 5.95. The Morgan fingerprint density at radius 2 is 1.74 bits per heavy atom. The first kappa shape index (κ1) is 16.9. The van der Waals surface area contributed by atoms with Gasteiger partial charge in [0, 0.05) is 20.7 Å². The van der Waals surface area contributed by atoms with Crippen molar-refractivity contribution >= 4 is 47.6 Å². The number of nitrogens with one attached hydrogen (secondary N) is 1. The van der Waals surface area contributed by atoms with Gasteiger partial charge in [-0.1, -0.05) is 20.3 Å². The van der Waals surface area contributed by atoms with Crippen molar-refractivity contribution in [3.63, 3.8) is 0 Å². The fourth-order valence-corrected chi connectivity index (χ4v) is 5.58. The molecule has 3 N–H and O–H groups in total. The Hall–Kier alpha value is -0.110. The summed E-state index contributed by atoms with van der Waals surface area (Å²) in [6, 6.07) is 3.02. The van der Waals surface area contributed by atoms with Crippen LogP contribution in [0, 0.1) is 5.92 Å². The molecular weight excluding hydrogens is 396 g/mol. The molecule has 7 heteroatoms. The highest BCUT2D eigenvalue weighted by Crippen LogP contribution is 2.32. The average Bonchev–Trinajstić information content (AvgIpc) is 2.24. The van der Waals surface area contributed by atoms with Crippen LogP contribution in [-0.4, -0.2) is 14.5 Å². The van der Waals surface area contributed by atoms with Gasteiger partial charge in [0.1, 0.15) is 4.90 Å². The first-order valence-corrected chi connectivity index (χ1v) is 9.02. The Bertz CT molecular complexity index is 538. The molecule has 0 fully saturated rings. The van der Waals surface area contributed by atoms with Gasteiger partial charge in [0.2, 0.25) is 10.0 Å². The third-order valence-electron chi connectivity index (χ3n) is 3.13. The van der Waals surface area contributed by atoms with Crippen LogP contribution in [0.3, 0.4) is 0 Å². The molecule has 4 nitrogen and oxygen atoms in total. The molecule has 0 saturated carbocycles. The molecule has 19 heavy (non-hydrogen) atoms. The fraction of sp³-hybridized carbons (Fsp3) is 0.500. The number of sulfonamides is 1. The predicted molar refractivity (Wildman–Crippen MR) is 85.5 cm³/mol. The molecule has 0 aliphatic carbocycles. The lowest BCUT2D eigenvalue weighted by Crippen LogP contribution is -2.37. The van der Waals surface area contributed by atoms with Crippen LogP contribution in [0.15, 0.2) is 26.0 Å². The predicted octanol–water partition coefficient (Wildman–Crippen LogP) is 3.51. The Morgan fingerprint density at radius 3 is 2.16 bits per heavy atom. The summed E-state index contributed by atoms with van der Waals surface area (Å²) in [6.07, 6.45) is 0.910. The van der Waals surface area contributed by atoms with E-state index < -0.39 is 10.0 Å². The second-order valence-corrected chi connectivity index (χ2v) is 7.97. The van der Waals surface area contributed by atoms with E-state index in [0.29, 0.717) is 14.6 Å². The second kappa shape index (κ2) is 6.56. The lowest BCUT2D eigenvalue weighted by Gasteiger charge is -2.20. The molecule has 0 spiro atoms. The van der Waals surface area contributed by atoms with Crippen LogP contribution in [0.4, 0.5) is 5.69 Å². The number of nitrogen functional groups attached to an aromatic ring is 1. The van der Waals surface area contributed by atoms with Gasteiger partial charge in [-0.2, -0.15) is 0 Å². The average molecular weight is 414 g/mol. The smallest absolute Gasteiger partial charge is 0.243 e. The summed E-state index contributed by atoms with van der Waals surface area (Å²) in [4.78, 5) is 0.178. The Labute approximate surface area is 131 Å². The monoisotopic (exact) mass is 412 g/mol. The molecule has 1 rings (SSSR count). The molecule has 2 unspecified atom stereocenters. The zero-order valence-electron chi connectivity index (χ0n) is 11.1. The third-order valence-corrected chi connectivity index (χ3v) is 6.56. The maximum Gasteiger partial charge on any atom is 0.243 e. The van der Waals surface area contributed by atoms with E-state index in [2.05, 4.69) is 36.6 Å². The molecule has 0 bridgehead atoms. The van der Waals surface area contributed by atoms with Gasteiger partial charge < -0.3 is 5.73 Å². The molecule has 1 aromatic rings. The number of anilines is 1. The zero-order chi connectivity index (χ0) is 14.8. The molecular formula is C12H18Br2N2O2S. The summed E-state index contributed by atoms with van der Waals surface area (Å²) in [5.74, 6) is 0.265. The van der Waals surface area contributed by atoms with E-state index >= 15 is 0 Å². The van der Waals surface area contributed by atoms with E-state index in [9.17, 15) is 8.42 Å². The third kappa shape index (κ3) is 4.18. The standard InChI is InChI=1S/C12H18Br2N2O2S/c1-4-7(2)8(3)16-19(17,18)12-10(13)5-9(15)6-11(12)14/h5-8,16H,4,15H2,1-3H3. The van der Waals surface area contributed by atoms with Gasteiger partial charge in [-0.05, 0) is 56.8 Å². The SMILES string of the molecule is CCC(C)C(C)NS(=O)(=O)c1c(Br)cc(N)cc1Br. The molecule has 0 heterocycles. The van der Waals surface area contributed by atoms with E-state index in [1.165, 1.54) is 0 Å². The van der Waals surface area contributed by atoms with Crippen LogP contribution in [0.25, 0.3) is 0 Å². The molecule has 0 amide bonds. The lowest BCUT2D eigenvalue weighted by atomic mass is 10.0. The summed E-state index contributed by atoms with van der Waals surface area (Å²) >= 11 is 6.50. The van der Waals surface area contributed by atoms with Crippen LogP contribution in [-0.2, 0) is 10.0 Å². The van der Waals surface area contributed by atoms with Crippen molar-refractivity contribution in [3.05, 3.63) is 21.1 Å². The zero-order valence-corrected chi connectivity index (χ0v) is 15.1. The van der Waals surface area contributed by atoms with Crippen LogP contribution in [0.2, 0.25) is 0 Å². The van der Waals surface area contributed by atoms with E-state index in [1.54, 1.807) is 12.1 Å². The van der Waals surface area contributed by atoms with Crippen molar-refractivity contribution in [2.24, 2.45) is 5.92 Å². The maximum atomic E-state index is 12.4. The van der Waals surface area contributed by atoms with E-state index in [4.69, 9.17) is 5.73 Å².